The summed E-state index contributed by atoms with van der Waals surface area (Å²) in [4.78, 5) is 0. The van der Waals surface area contributed by atoms with E-state index in [1.54, 1.807) is 5.19 Å². The lowest BCUT2D eigenvalue weighted by molar-refractivity contribution is 0.570. The highest BCUT2D eigenvalue weighted by atomic mass is 28.3. The molecule has 0 unspecified atom stereocenters. The molecule has 0 amide bonds. The minimum atomic E-state index is -1.59. The molecule has 3 N–H and O–H groups in total. The first-order chi connectivity index (χ1) is 14.9. The van der Waals surface area contributed by atoms with Gasteiger partial charge in [-0.15, -0.1) is 0 Å². The van der Waals surface area contributed by atoms with Gasteiger partial charge in [0.15, 0.2) is 0 Å². The molecule has 0 saturated heterocycles. The molecular formula is C29H48N2Si. The standard InChI is InChI=1S/C29H48N2Si/c1-10-17-32(18-11-2,19-12-3)26-16-14-13-15-24(26)31-25-21-22(28(4,5)6)20-23(27(25)30)29(7,8)9/h13-16,20-21,31H,10-12,17-19,30H2,1-9H3. The van der Waals surface area contributed by atoms with Crippen molar-refractivity contribution in [1.82, 2.24) is 0 Å². The monoisotopic (exact) mass is 452 g/mol. The van der Waals surface area contributed by atoms with Crippen LogP contribution < -0.4 is 16.2 Å². The first-order valence-corrected chi connectivity index (χ1v) is 15.3. The highest BCUT2D eigenvalue weighted by Gasteiger charge is 2.34. The van der Waals surface area contributed by atoms with Gasteiger partial charge in [0.25, 0.3) is 0 Å². The minimum Gasteiger partial charge on any atom is -0.397 e. The molecule has 0 atom stereocenters. The van der Waals surface area contributed by atoms with Crippen molar-refractivity contribution in [1.29, 1.82) is 0 Å². The van der Waals surface area contributed by atoms with Crippen LogP contribution in [0.1, 0.15) is 92.7 Å². The van der Waals surface area contributed by atoms with E-state index in [9.17, 15) is 0 Å². The molecular weight excluding hydrogens is 404 g/mol. The first kappa shape index (κ1) is 26.5. The Morgan fingerprint density at radius 1 is 0.750 bits per heavy atom. The van der Waals surface area contributed by atoms with Crippen LogP contribution in [0.3, 0.4) is 0 Å². The van der Waals surface area contributed by atoms with Gasteiger partial charge in [-0.05, 0) is 39.3 Å². The molecule has 2 aromatic rings. The summed E-state index contributed by atoms with van der Waals surface area (Å²) in [5.41, 5.74) is 12.6. The van der Waals surface area contributed by atoms with E-state index >= 15 is 0 Å². The molecule has 0 radical (unpaired) electrons. The van der Waals surface area contributed by atoms with E-state index in [1.165, 1.54) is 54.2 Å². The van der Waals surface area contributed by atoms with Crippen LogP contribution in [0.2, 0.25) is 18.1 Å². The Labute approximate surface area is 199 Å². The Morgan fingerprint density at radius 3 is 1.75 bits per heavy atom. The van der Waals surface area contributed by atoms with Crippen LogP contribution in [0.25, 0.3) is 0 Å². The Morgan fingerprint density at radius 2 is 1.28 bits per heavy atom. The van der Waals surface area contributed by atoms with Gasteiger partial charge < -0.3 is 11.1 Å². The van der Waals surface area contributed by atoms with E-state index in [1.807, 2.05) is 0 Å². The predicted octanol–water partition coefficient (Wildman–Crippen LogP) is 8.49. The van der Waals surface area contributed by atoms with Gasteiger partial charge >= 0.3 is 0 Å². The van der Waals surface area contributed by atoms with Crippen LogP contribution in [0.5, 0.6) is 0 Å². The third-order valence-corrected chi connectivity index (χ3v) is 12.8. The number of nitrogen functional groups attached to an aromatic ring is 1. The largest absolute Gasteiger partial charge is 0.397 e. The van der Waals surface area contributed by atoms with Crippen LogP contribution in [0.15, 0.2) is 36.4 Å². The molecule has 32 heavy (non-hydrogen) atoms. The molecule has 178 valence electrons. The molecule has 0 aliphatic rings. The first-order valence-electron chi connectivity index (χ1n) is 12.7. The van der Waals surface area contributed by atoms with Crippen LogP contribution in [-0.4, -0.2) is 8.07 Å². The number of nitrogens with one attached hydrogen (secondary N) is 1. The molecule has 0 aliphatic heterocycles. The van der Waals surface area contributed by atoms with Crippen LogP contribution in [0.4, 0.5) is 17.1 Å². The maximum Gasteiger partial charge on any atom is 0.0894 e. The molecule has 0 aromatic heterocycles. The average Bonchev–Trinajstić information content (AvgIpc) is 2.68. The molecule has 2 rings (SSSR count). The molecule has 2 nitrogen and oxygen atoms in total. The minimum absolute atomic E-state index is 0.00751. The van der Waals surface area contributed by atoms with Crippen molar-refractivity contribution in [2.24, 2.45) is 0 Å². The number of anilines is 3. The summed E-state index contributed by atoms with van der Waals surface area (Å²) in [6, 6.07) is 17.8. The molecule has 3 heteroatoms. The number of hydrogen-bond acceptors (Lipinski definition) is 2. The zero-order valence-electron chi connectivity index (χ0n) is 22.3. The fraction of sp³-hybridized carbons (Fsp3) is 0.586. The summed E-state index contributed by atoms with van der Waals surface area (Å²) in [5.74, 6) is 0. The summed E-state index contributed by atoms with van der Waals surface area (Å²) in [6.07, 6.45) is 3.78. The molecule has 0 heterocycles. The second kappa shape index (κ2) is 10.5. The Balaban J connectivity index is 2.68. The molecule has 0 spiro atoms. The van der Waals surface area contributed by atoms with Crippen molar-refractivity contribution in [3.63, 3.8) is 0 Å². The molecule has 0 bridgehead atoms. The fourth-order valence-electron chi connectivity index (χ4n) is 5.22. The summed E-state index contributed by atoms with van der Waals surface area (Å²) in [7, 11) is -1.59. The third-order valence-electron chi connectivity index (χ3n) is 6.81. The van der Waals surface area contributed by atoms with Crippen molar-refractivity contribution in [2.75, 3.05) is 11.1 Å². The zero-order valence-corrected chi connectivity index (χ0v) is 23.3. The third kappa shape index (κ3) is 5.98. The summed E-state index contributed by atoms with van der Waals surface area (Å²) >= 11 is 0. The molecule has 2 aromatic carbocycles. The lowest BCUT2D eigenvalue weighted by atomic mass is 9.79. The maximum absolute atomic E-state index is 6.81. The predicted molar refractivity (Wildman–Crippen MR) is 149 cm³/mol. The zero-order chi connectivity index (χ0) is 24.2. The van der Waals surface area contributed by atoms with Crippen LogP contribution >= 0.6 is 0 Å². The highest BCUT2D eigenvalue weighted by molar-refractivity contribution is 6.92. The maximum atomic E-state index is 6.81. The van der Waals surface area contributed by atoms with E-state index < -0.39 is 8.07 Å². The van der Waals surface area contributed by atoms with Gasteiger partial charge in [0.1, 0.15) is 0 Å². The van der Waals surface area contributed by atoms with Gasteiger partial charge in [0, 0.05) is 5.69 Å². The number of nitrogens with two attached hydrogens (primary N) is 1. The van der Waals surface area contributed by atoms with Gasteiger partial charge in [0.2, 0.25) is 0 Å². The van der Waals surface area contributed by atoms with Crippen LogP contribution in [-0.2, 0) is 10.8 Å². The van der Waals surface area contributed by atoms with Gasteiger partial charge in [-0.3, -0.25) is 0 Å². The van der Waals surface area contributed by atoms with Gasteiger partial charge in [-0.2, -0.15) is 0 Å². The summed E-state index contributed by atoms with van der Waals surface area (Å²) in [6.45, 7) is 20.7. The SMILES string of the molecule is CCC[Si](CCC)(CCC)c1ccccc1Nc1cc(C(C)(C)C)cc(C(C)(C)C)c1N. The van der Waals surface area contributed by atoms with Crippen molar-refractivity contribution in [2.45, 2.75) is 111 Å². The van der Waals surface area contributed by atoms with Gasteiger partial charge in [0.05, 0.1) is 19.4 Å². The van der Waals surface area contributed by atoms with Crippen molar-refractivity contribution < 1.29 is 0 Å². The second-order valence-electron chi connectivity index (χ2n) is 11.7. The number of hydrogen-bond donors (Lipinski definition) is 2. The van der Waals surface area contributed by atoms with Gasteiger partial charge in [-0.1, -0.05) is 124 Å². The topological polar surface area (TPSA) is 38.0 Å². The second-order valence-corrected chi connectivity index (χ2v) is 16.3. The smallest absolute Gasteiger partial charge is 0.0894 e. The fourth-order valence-corrected chi connectivity index (χ4v) is 10.8. The average molecular weight is 453 g/mol. The lowest BCUT2D eigenvalue weighted by Gasteiger charge is -2.34. The Kier molecular flexibility index (Phi) is 8.67. The quantitative estimate of drug-likeness (QED) is 0.295. The van der Waals surface area contributed by atoms with E-state index in [2.05, 4.69) is 104 Å². The number of rotatable bonds is 9. The Bertz CT molecular complexity index is 870. The van der Waals surface area contributed by atoms with Crippen LogP contribution in [0, 0.1) is 0 Å². The summed E-state index contributed by atoms with van der Waals surface area (Å²) in [5, 5.41) is 5.44. The normalized spacial score (nSPS) is 12.8. The highest BCUT2D eigenvalue weighted by Crippen LogP contribution is 2.39. The van der Waals surface area contributed by atoms with E-state index in [4.69, 9.17) is 5.73 Å². The molecule has 0 saturated carbocycles. The van der Waals surface area contributed by atoms with Crippen molar-refractivity contribution >= 4 is 30.3 Å². The number of benzene rings is 2. The van der Waals surface area contributed by atoms with E-state index in [0.717, 1.165) is 11.4 Å². The van der Waals surface area contributed by atoms with E-state index in [-0.39, 0.29) is 10.8 Å². The molecule has 0 fully saturated rings. The van der Waals surface area contributed by atoms with Gasteiger partial charge in [-0.25, -0.2) is 0 Å². The van der Waals surface area contributed by atoms with E-state index in [0.29, 0.717) is 0 Å². The number of para-hydroxylation sites is 1. The van der Waals surface area contributed by atoms with Crippen molar-refractivity contribution in [3.8, 4) is 0 Å². The summed E-state index contributed by atoms with van der Waals surface area (Å²) < 4.78 is 0. The lowest BCUT2D eigenvalue weighted by Crippen LogP contribution is -2.48. The molecule has 0 aliphatic carbocycles. The van der Waals surface area contributed by atoms with Crippen molar-refractivity contribution in [3.05, 3.63) is 47.5 Å². The Hall–Kier alpha value is -1.74.